The predicted octanol–water partition coefficient (Wildman–Crippen LogP) is 8.25. The van der Waals surface area contributed by atoms with Gasteiger partial charge in [0.25, 0.3) is 0 Å². The van der Waals surface area contributed by atoms with Crippen molar-refractivity contribution in [2.45, 2.75) is 0 Å². The van der Waals surface area contributed by atoms with Crippen molar-refractivity contribution < 1.29 is 0 Å². The largest absolute Gasteiger partial charge is 0.285 e. The molecule has 0 amide bonds. The molecule has 0 aliphatic rings. The fraction of sp³-hybridized carbons (Fsp3) is 0. The van der Waals surface area contributed by atoms with Crippen LogP contribution >= 0.6 is 0 Å². The highest BCUT2D eigenvalue weighted by Crippen LogP contribution is 2.39. The summed E-state index contributed by atoms with van der Waals surface area (Å²) in [7, 11) is 0. The van der Waals surface area contributed by atoms with E-state index in [0.29, 0.717) is 0 Å². The molecule has 4 heterocycles. The number of hydrogen-bond acceptors (Lipinski definition) is 4. The van der Waals surface area contributed by atoms with Crippen molar-refractivity contribution in [3.05, 3.63) is 169 Å². The summed E-state index contributed by atoms with van der Waals surface area (Å²) in [5, 5.41) is 28.2. The van der Waals surface area contributed by atoms with Crippen molar-refractivity contribution in [1.82, 2.24) is 40.8 Å². The molecule has 0 saturated heterocycles. The fourth-order valence-electron chi connectivity index (χ4n) is 5.86. The van der Waals surface area contributed by atoms with E-state index < -0.39 is 0 Å². The first-order valence-corrected chi connectivity index (χ1v) is 14.9. The first kappa shape index (κ1) is 27.0. The summed E-state index contributed by atoms with van der Waals surface area (Å²) in [6.07, 6.45) is 15.0. The lowest BCUT2D eigenvalue weighted by molar-refractivity contribution is 1.09. The summed E-state index contributed by atoms with van der Waals surface area (Å²) in [5.41, 5.74) is 15.3. The zero-order valence-electron chi connectivity index (χ0n) is 24.6. The van der Waals surface area contributed by atoms with Gasteiger partial charge in [0, 0.05) is 47.0 Å². The van der Waals surface area contributed by atoms with E-state index in [-0.39, 0.29) is 0 Å². The molecule has 0 aliphatic carbocycles. The Morgan fingerprint density at radius 1 is 0.283 bits per heavy atom. The molecule has 8 heteroatoms. The molecular weight excluding hydrogens is 568 g/mol. The van der Waals surface area contributed by atoms with Crippen LogP contribution < -0.4 is 0 Å². The Bertz CT molecular complexity index is 1850. The zero-order chi connectivity index (χ0) is 30.7. The molecule has 4 aromatic carbocycles. The van der Waals surface area contributed by atoms with Crippen LogP contribution in [0.15, 0.2) is 147 Å². The topological polar surface area (TPSA) is 115 Å². The highest BCUT2D eigenvalue weighted by Gasteiger charge is 2.18. The lowest BCUT2D eigenvalue weighted by Crippen LogP contribution is -1.98. The fourth-order valence-corrected chi connectivity index (χ4v) is 5.86. The zero-order valence-corrected chi connectivity index (χ0v) is 24.6. The van der Waals surface area contributed by atoms with Gasteiger partial charge in [0.05, 0.1) is 24.8 Å². The van der Waals surface area contributed by atoms with E-state index in [9.17, 15) is 0 Å². The van der Waals surface area contributed by atoms with Crippen molar-refractivity contribution in [2.24, 2.45) is 0 Å². The van der Waals surface area contributed by atoms with Crippen molar-refractivity contribution in [3.8, 4) is 44.5 Å². The monoisotopic (exact) mass is 596 g/mol. The molecule has 0 saturated carbocycles. The van der Waals surface area contributed by atoms with Crippen LogP contribution in [-0.4, -0.2) is 40.8 Å². The standard InChI is InChI=1S/C38H28N8/c1-9-29(10-2-25(1)33-17-39-40-18-33)37(30-11-3-26(4-12-30)34-19-41-42-20-34)38(31-13-5-27(6-14-31)35-21-43-44-22-35)32-15-7-28(8-16-32)36-23-45-46-24-36/h1-24H,(H,39,40)(H,41,42)(H,43,44)(H,45,46). The average molecular weight is 597 g/mol. The maximum absolute atomic E-state index is 4.14. The third kappa shape index (κ3) is 5.24. The van der Waals surface area contributed by atoms with E-state index in [1.54, 1.807) is 0 Å². The van der Waals surface area contributed by atoms with Crippen LogP contribution in [0, 0.1) is 0 Å². The Labute approximate surface area is 264 Å². The lowest BCUT2D eigenvalue weighted by atomic mass is 9.84. The van der Waals surface area contributed by atoms with Crippen LogP contribution in [0.2, 0.25) is 0 Å². The highest BCUT2D eigenvalue weighted by atomic mass is 15.1. The Morgan fingerprint density at radius 2 is 0.500 bits per heavy atom. The second-order valence-electron chi connectivity index (χ2n) is 11.0. The van der Waals surface area contributed by atoms with Gasteiger partial charge in [0.1, 0.15) is 0 Å². The second kappa shape index (κ2) is 11.9. The first-order valence-electron chi connectivity index (χ1n) is 14.9. The lowest BCUT2D eigenvalue weighted by Gasteiger charge is -2.19. The molecule has 0 aliphatic heterocycles. The number of nitrogens with zero attached hydrogens (tertiary/aromatic N) is 4. The van der Waals surface area contributed by atoms with Crippen LogP contribution in [-0.2, 0) is 0 Å². The van der Waals surface area contributed by atoms with E-state index in [0.717, 1.165) is 77.9 Å². The predicted molar refractivity (Wildman–Crippen MR) is 181 cm³/mol. The number of benzene rings is 4. The molecule has 0 bridgehead atoms. The average Bonchev–Trinajstić information content (AvgIpc) is 3.96. The van der Waals surface area contributed by atoms with Gasteiger partial charge in [-0.05, 0) is 55.7 Å². The van der Waals surface area contributed by atoms with Crippen molar-refractivity contribution >= 4 is 11.1 Å². The molecule has 220 valence electrons. The molecule has 8 rings (SSSR count). The molecule has 0 spiro atoms. The molecular formula is C38H28N8. The smallest absolute Gasteiger partial charge is 0.0565 e. The molecule has 8 nitrogen and oxygen atoms in total. The maximum atomic E-state index is 4.14. The van der Waals surface area contributed by atoms with Crippen molar-refractivity contribution in [1.29, 1.82) is 0 Å². The third-order valence-corrected chi connectivity index (χ3v) is 8.27. The Morgan fingerprint density at radius 3 is 0.674 bits per heavy atom. The minimum absolute atomic E-state index is 1.05. The molecule has 4 N–H and O–H groups in total. The molecule has 0 atom stereocenters. The molecule has 0 fully saturated rings. The Kier molecular flexibility index (Phi) is 6.97. The van der Waals surface area contributed by atoms with E-state index >= 15 is 0 Å². The van der Waals surface area contributed by atoms with E-state index in [1.165, 1.54) is 0 Å². The Balaban J connectivity index is 1.33. The summed E-state index contributed by atoms with van der Waals surface area (Å²) in [5.74, 6) is 0. The quantitative estimate of drug-likeness (QED) is 0.132. The molecule has 46 heavy (non-hydrogen) atoms. The van der Waals surface area contributed by atoms with Gasteiger partial charge in [-0.2, -0.15) is 20.4 Å². The minimum Gasteiger partial charge on any atom is -0.285 e. The van der Waals surface area contributed by atoms with Gasteiger partial charge in [0.15, 0.2) is 0 Å². The number of aromatic nitrogens is 8. The second-order valence-corrected chi connectivity index (χ2v) is 11.0. The van der Waals surface area contributed by atoms with Gasteiger partial charge < -0.3 is 0 Å². The molecule has 8 aromatic rings. The molecule has 0 radical (unpaired) electrons. The van der Waals surface area contributed by atoms with E-state index in [2.05, 4.69) is 138 Å². The number of hydrogen-bond donors (Lipinski definition) is 4. The summed E-state index contributed by atoms with van der Waals surface area (Å²) in [4.78, 5) is 0. The van der Waals surface area contributed by atoms with E-state index in [4.69, 9.17) is 0 Å². The van der Waals surface area contributed by atoms with Crippen LogP contribution in [0.1, 0.15) is 22.3 Å². The Hall–Kier alpha value is -6.54. The van der Waals surface area contributed by atoms with Gasteiger partial charge in [-0.15, -0.1) is 0 Å². The van der Waals surface area contributed by atoms with Crippen molar-refractivity contribution in [2.75, 3.05) is 0 Å². The van der Waals surface area contributed by atoms with Gasteiger partial charge in [0.2, 0.25) is 0 Å². The number of nitrogens with one attached hydrogen (secondary N) is 4. The normalized spacial score (nSPS) is 11.0. The van der Waals surface area contributed by atoms with Crippen LogP contribution in [0.3, 0.4) is 0 Å². The SMILES string of the molecule is c1cc(-c2cn[nH]c2)ccc1C(=C(c1ccc(-c2cn[nH]c2)cc1)c1ccc(-c2cn[nH]c2)cc1)c1ccc(-c2cn[nH]c2)cc1. The van der Waals surface area contributed by atoms with Gasteiger partial charge >= 0.3 is 0 Å². The van der Waals surface area contributed by atoms with Crippen molar-refractivity contribution in [3.63, 3.8) is 0 Å². The summed E-state index contributed by atoms with van der Waals surface area (Å²) < 4.78 is 0. The minimum atomic E-state index is 1.05. The van der Waals surface area contributed by atoms with Crippen LogP contribution in [0.4, 0.5) is 0 Å². The molecule has 0 unspecified atom stereocenters. The van der Waals surface area contributed by atoms with Gasteiger partial charge in [-0.1, -0.05) is 97.1 Å². The summed E-state index contributed by atoms with van der Waals surface area (Å²) in [6.45, 7) is 0. The summed E-state index contributed by atoms with van der Waals surface area (Å²) >= 11 is 0. The first-order chi connectivity index (χ1) is 22.8. The van der Waals surface area contributed by atoms with E-state index in [1.807, 2.05) is 49.6 Å². The van der Waals surface area contributed by atoms with Gasteiger partial charge in [-0.3, -0.25) is 20.4 Å². The number of H-pyrrole nitrogens is 4. The summed E-state index contributed by atoms with van der Waals surface area (Å²) in [6, 6.07) is 34.8. The number of aromatic amines is 4. The van der Waals surface area contributed by atoms with Crippen LogP contribution in [0.5, 0.6) is 0 Å². The van der Waals surface area contributed by atoms with Crippen LogP contribution in [0.25, 0.3) is 55.7 Å². The highest BCUT2D eigenvalue weighted by molar-refractivity contribution is 6.05. The number of rotatable bonds is 8. The van der Waals surface area contributed by atoms with Gasteiger partial charge in [-0.25, -0.2) is 0 Å². The molecule has 4 aromatic heterocycles. The third-order valence-electron chi connectivity index (χ3n) is 8.27. The maximum Gasteiger partial charge on any atom is 0.0565 e.